The van der Waals surface area contributed by atoms with Gasteiger partial charge in [-0.3, -0.25) is 4.70 Å². The van der Waals surface area contributed by atoms with Crippen LogP contribution < -0.4 is 0 Å². The molecule has 40 valence electrons. The predicted molar refractivity (Wildman–Crippen MR) is 26.6 cm³/mol. The summed E-state index contributed by atoms with van der Waals surface area (Å²) in [6.45, 7) is 4.00. The highest BCUT2D eigenvalue weighted by Gasteiger charge is 1.34. The van der Waals surface area contributed by atoms with E-state index in [9.17, 15) is 0 Å². The first-order chi connectivity index (χ1) is 1.91. The van der Waals surface area contributed by atoms with E-state index in [0.29, 0.717) is 0 Å². The Morgan fingerprint density at radius 3 is 1.17 bits per heavy atom. The number of hydrogen-bond acceptors (Lipinski definition) is 0. The SMILES string of the molecule is CC=CC.F.O. The van der Waals surface area contributed by atoms with Gasteiger partial charge in [0.05, 0.1) is 0 Å². The van der Waals surface area contributed by atoms with E-state index in [1.54, 1.807) is 0 Å². The maximum Gasteiger partial charge on any atom is -0.0470 e. The molecule has 0 aliphatic carbocycles. The predicted octanol–water partition coefficient (Wildman–Crippen LogP) is 0.910. The van der Waals surface area contributed by atoms with Gasteiger partial charge in [0, 0.05) is 0 Å². The highest BCUT2D eigenvalue weighted by atomic mass is 19.0. The smallest absolute Gasteiger partial charge is 0.0470 e. The molecule has 6 heavy (non-hydrogen) atoms. The molecule has 0 spiro atoms. The Hall–Kier alpha value is -0.370. The monoisotopic (exact) mass is 94.1 g/mol. The van der Waals surface area contributed by atoms with E-state index in [4.69, 9.17) is 0 Å². The van der Waals surface area contributed by atoms with Gasteiger partial charge in [0.25, 0.3) is 0 Å². The summed E-state index contributed by atoms with van der Waals surface area (Å²) in [5, 5.41) is 0. The molecule has 0 heterocycles. The summed E-state index contributed by atoms with van der Waals surface area (Å²) >= 11 is 0. The summed E-state index contributed by atoms with van der Waals surface area (Å²) in [5.74, 6) is 0. The number of halogens is 1. The molecular weight excluding hydrogens is 83.0 g/mol. The third-order valence-corrected chi connectivity index (χ3v) is 0.333. The standard InChI is InChI=1S/C4H8.FH.H2O/c1-3-4-2;;/h3-4H,1-2H3;1H;1H2. The van der Waals surface area contributed by atoms with Crippen LogP contribution >= 0.6 is 0 Å². The highest BCUT2D eigenvalue weighted by molar-refractivity contribution is 4.68. The van der Waals surface area contributed by atoms with Crippen LogP contribution in [0, 0.1) is 0 Å². The molecule has 1 nitrogen and oxygen atoms in total. The minimum Gasteiger partial charge on any atom is -0.412 e. The molecule has 0 unspecified atom stereocenters. The van der Waals surface area contributed by atoms with Crippen molar-refractivity contribution < 1.29 is 10.2 Å². The molecule has 0 aliphatic rings. The van der Waals surface area contributed by atoms with Crippen LogP contribution in [0.4, 0.5) is 4.70 Å². The summed E-state index contributed by atoms with van der Waals surface area (Å²) in [6.07, 6.45) is 4.00. The van der Waals surface area contributed by atoms with Gasteiger partial charge in [0.1, 0.15) is 0 Å². The fraction of sp³-hybridized carbons (Fsp3) is 0.500. The molecule has 0 atom stereocenters. The molecule has 0 radical (unpaired) electrons. The van der Waals surface area contributed by atoms with Crippen LogP contribution in [-0.4, -0.2) is 5.48 Å². The summed E-state index contributed by atoms with van der Waals surface area (Å²) in [7, 11) is 0. The molecule has 0 aromatic carbocycles. The van der Waals surface area contributed by atoms with E-state index in [-0.39, 0.29) is 10.2 Å². The van der Waals surface area contributed by atoms with Crippen LogP contribution in [-0.2, 0) is 0 Å². The Bertz CT molecular complexity index is 22.7. The molecule has 0 amide bonds. The summed E-state index contributed by atoms with van der Waals surface area (Å²) in [4.78, 5) is 0. The van der Waals surface area contributed by atoms with E-state index in [0.717, 1.165) is 0 Å². The van der Waals surface area contributed by atoms with Crippen LogP contribution in [0.25, 0.3) is 0 Å². The van der Waals surface area contributed by atoms with Crippen LogP contribution in [0.15, 0.2) is 12.2 Å². The minimum atomic E-state index is 0. The lowest BCUT2D eigenvalue weighted by molar-refractivity contribution is 0.824. The molecular formula is C4H11FO. The zero-order valence-corrected chi connectivity index (χ0v) is 4.06. The first-order valence-electron chi connectivity index (χ1n) is 1.49. The third kappa shape index (κ3) is 63.3. The Morgan fingerprint density at radius 2 is 1.17 bits per heavy atom. The second kappa shape index (κ2) is 23.0. The molecule has 0 aromatic heterocycles. The first-order valence-corrected chi connectivity index (χ1v) is 1.49. The van der Waals surface area contributed by atoms with Crippen molar-refractivity contribution in [2.45, 2.75) is 13.8 Å². The van der Waals surface area contributed by atoms with Crippen LogP contribution in [0.5, 0.6) is 0 Å². The summed E-state index contributed by atoms with van der Waals surface area (Å²) in [5.41, 5.74) is 0. The van der Waals surface area contributed by atoms with Crippen LogP contribution in [0.2, 0.25) is 0 Å². The van der Waals surface area contributed by atoms with E-state index in [1.165, 1.54) is 0 Å². The Morgan fingerprint density at radius 1 is 1.00 bits per heavy atom. The highest BCUT2D eigenvalue weighted by Crippen LogP contribution is 1.57. The molecule has 0 bridgehead atoms. The molecule has 0 saturated heterocycles. The van der Waals surface area contributed by atoms with Crippen LogP contribution in [0.1, 0.15) is 13.8 Å². The summed E-state index contributed by atoms with van der Waals surface area (Å²) < 4.78 is 0. The van der Waals surface area contributed by atoms with Crippen molar-refractivity contribution in [3.05, 3.63) is 12.2 Å². The normalized spacial score (nSPS) is 6.33. The largest absolute Gasteiger partial charge is 0.412 e. The topological polar surface area (TPSA) is 31.5 Å². The minimum absolute atomic E-state index is 0. The fourth-order valence-corrected chi connectivity index (χ4v) is 0. The van der Waals surface area contributed by atoms with Crippen molar-refractivity contribution in [1.82, 2.24) is 0 Å². The lowest BCUT2D eigenvalue weighted by atomic mass is 10.6. The van der Waals surface area contributed by atoms with Gasteiger partial charge < -0.3 is 5.48 Å². The summed E-state index contributed by atoms with van der Waals surface area (Å²) in [6, 6.07) is 0. The molecule has 2 N–H and O–H groups in total. The first kappa shape index (κ1) is 17.4. The Balaban J connectivity index is -0.0000000450. The van der Waals surface area contributed by atoms with Gasteiger partial charge in [-0.2, -0.15) is 0 Å². The van der Waals surface area contributed by atoms with E-state index < -0.39 is 0 Å². The molecule has 0 aliphatic heterocycles. The van der Waals surface area contributed by atoms with Gasteiger partial charge in [-0.15, -0.1) is 0 Å². The van der Waals surface area contributed by atoms with E-state index in [1.807, 2.05) is 26.0 Å². The van der Waals surface area contributed by atoms with Crippen molar-refractivity contribution in [2.24, 2.45) is 0 Å². The van der Waals surface area contributed by atoms with Crippen molar-refractivity contribution >= 4 is 0 Å². The molecule has 0 fully saturated rings. The zero-order chi connectivity index (χ0) is 3.41. The van der Waals surface area contributed by atoms with Crippen molar-refractivity contribution in [2.75, 3.05) is 0 Å². The molecule has 0 rings (SSSR count). The maximum atomic E-state index is 2.00. The quantitative estimate of drug-likeness (QED) is 0.399. The zero-order valence-electron chi connectivity index (χ0n) is 4.06. The van der Waals surface area contributed by atoms with Crippen molar-refractivity contribution in [1.29, 1.82) is 0 Å². The van der Waals surface area contributed by atoms with Crippen molar-refractivity contribution in [3.8, 4) is 0 Å². The second-order valence-electron chi connectivity index (χ2n) is 0.667. The van der Waals surface area contributed by atoms with Crippen LogP contribution in [0.3, 0.4) is 0 Å². The van der Waals surface area contributed by atoms with Gasteiger partial charge in [0.15, 0.2) is 0 Å². The van der Waals surface area contributed by atoms with Gasteiger partial charge in [0.2, 0.25) is 0 Å². The number of allylic oxidation sites excluding steroid dienone is 2. The maximum absolute atomic E-state index is 2.00. The number of rotatable bonds is 0. The molecule has 0 aromatic rings. The van der Waals surface area contributed by atoms with E-state index in [2.05, 4.69) is 0 Å². The van der Waals surface area contributed by atoms with Gasteiger partial charge >= 0.3 is 0 Å². The van der Waals surface area contributed by atoms with E-state index >= 15 is 0 Å². The van der Waals surface area contributed by atoms with Gasteiger partial charge in [-0.1, -0.05) is 12.2 Å². The lowest BCUT2D eigenvalue weighted by Gasteiger charge is -1.49. The fourth-order valence-electron chi connectivity index (χ4n) is 0. The average Bonchev–Trinajstić information content (AvgIpc) is 1.37. The Kier molecular flexibility index (Phi) is 66.8. The Labute approximate surface area is 37.4 Å². The second-order valence-corrected chi connectivity index (χ2v) is 0.667. The number of hydrogen-bond donors (Lipinski definition) is 0. The van der Waals surface area contributed by atoms with Gasteiger partial charge in [-0.25, -0.2) is 0 Å². The molecule has 0 saturated carbocycles. The molecule has 2 heteroatoms. The third-order valence-electron chi connectivity index (χ3n) is 0.333. The lowest BCUT2D eigenvalue weighted by Crippen LogP contribution is -1.26. The van der Waals surface area contributed by atoms with Gasteiger partial charge in [-0.05, 0) is 13.8 Å². The van der Waals surface area contributed by atoms with Crippen molar-refractivity contribution in [3.63, 3.8) is 0 Å². The average molecular weight is 94.1 g/mol.